The molecule has 1 aromatic heterocycles. The molecule has 0 radical (unpaired) electrons. The summed E-state index contributed by atoms with van der Waals surface area (Å²) in [6, 6.07) is 7.80. The molecule has 28 heavy (non-hydrogen) atoms. The second-order valence-corrected chi connectivity index (χ2v) is 7.78. The van der Waals surface area contributed by atoms with Crippen LogP contribution in [-0.4, -0.2) is 50.8 Å². The summed E-state index contributed by atoms with van der Waals surface area (Å²) in [4.78, 5) is 37.7. The highest BCUT2D eigenvalue weighted by atomic mass is 32.2. The van der Waals surface area contributed by atoms with E-state index in [0.29, 0.717) is 5.69 Å². The third kappa shape index (κ3) is 6.03. The smallest absolute Gasteiger partial charge is 0.325 e. The first-order valence-corrected chi connectivity index (χ1v) is 9.83. The number of esters is 1. The summed E-state index contributed by atoms with van der Waals surface area (Å²) >= 11 is 0. The molecule has 0 saturated carbocycles. The number of aryl methyl sites for hydroxylation is 2. The highest BCUT2D eigenvalue weighted by molar-refractivity contribution is 7.89. The maximum absolute atomic E-state index is 12.2. The lowest BCUT2D eigenvalue weighted by Crippen LogP contribution is -2.39. The highest BCUT2D eigenvalue weighted by Gasteiger charge is 2.17. The molecule has 3 N–H and O–H groups in total. The van der Waals surface area contributed by atoms with Gasteiger partial charge in [0.2, 0.25) is 21.7 Å². The van der Waals surface area contributed by atoms with Gasteiger partial charge in [-0.1, -0.05) is 6.07 Å². The van der Waals surface area contributed by atoms with Crippen LogP contribution in [0.1, 0.15) is 21.6 Å². The van der Waals surface area contributed by atoms with Crippen molar-refractivity contribution in [3.05, 3.63) is 53.3 Å². The minimum Gasteiger partial charge on any atom is -0.456 e. The number of hydrogen-bond donors (Lipinski definition) is 3. The van der Waals surface area contributed by atoms with E-state index in [1.165, 1.54) is 12.1 Å². The number of amides is 1. The lowest BCUT2D eigenvalue weighted by Gasteiger charge is -2.09. The summed E-state index contributed by atoms with van der Waals surface area (Å²) in [5, 5.41) is 2.23. The van der Waals surface area contributed by atoms with Crippen LogP contribution in [0.3, 0.4) is 0 Å². The van der Waals surface area contributed by atoms with Gasteiger partial charge in [0.15, 0.2) is 6.61 Å². The Morgan fingerprint density at radius 2 is 1.82 bits per heavy atom. The predicted molar refractivity (Wildman–Crippen MR) is 100 cm³/mol. The highest BCUT2D eigenvalue weighted by Crippen LogP contribution is 2.14. The molecular formula is C18H21N3O6S. The fraction of sp³-hybridized carbons (Fsp3) is 0.278. The van der Waals surface area contributed by atoms with Gasteiger partial charge in [0, 0.05) is 6.20 Å². The van der Waals surface area contributed by atoms with Gasteiger partial charge in [-0.25, -0.2) is 13.1 Å². The third-order valence-electron chi connectivity index (χ3n) is 3.90. The fourth-order valence-corrected chi connectivity index (χ4v) is 3.20. The molecule has 0 bridgehead atoms. The number of benzene rings is 1. The number of hydrogen-bond acceptors (Lipinski definition) is 6. The van der Waals surface area contributed by atoms with Gasteiger partial charge in [0.25, 0.3) is 0 Å². The number of carbonyl (C=O) groups excluding carboxylic acids is 3. The van der Waals surface area contributed by atoms with Crippen LogP contribution in [0, 0.1) is 13.8 Å². The van der Waals surface area contributed by atoms with Crippen molar-refractivity contribution in [3.63, 3.8) is 0 Å². The summed E-state index contributed by atoms with van der Waals surface area (Å²) in [6.45, 7) is 2.16. The minimum atomic E-state index is -3.85. The number of rotatable bonds is 9. The first-order chi connectivity index (χ1) is 13.2. The zero-order valence-corrected chi connectivity index (χ0v) is 16.3. The van der Waals surface area contributed by atoms with Crippen molar-refractivity contribution in [2.24, 2.45) is 0 Å². The molecule has 0 unspecified atom stereocenters. The van der Waals surface area contributed by atoms with Gasteiger partial charge < -0.3 is 15.0 Å². The summed E-state index contributed by atoms with van der Waals surface area (Å²) in [6.07, 6.45) is 1.56. The molecule has 0 aliphatic heterocycles. The van der Waals surface area contributed by atoms with E-state index in [1.807, 2.05) is 6.92 Å². The van der Waals surface area contributed by atoms with E-state index in [9.17, 15) is 22.8 Å². The van der Waals surface area contributed by atoms with E-state index in [0.717, 1.165) is 11.1 Å². The van der Waals surface area contributed by atoms with Gasteiger partial charge in [-0.15, -0.1) is 0 Å². The van der Waals surface area contributed by atoms with Gasteiger partial charge >= 0.3 is 5.97 Å². The van der Waals surface area contributed by atoms with E-state index in [2.05, 4.69) is 15.0 Å². The fourth-order valence-electron chi connectivity index (χ4n) is 2.14. The topological polar surface area (TPSA) is 134 Å². The van der Waals surface area contributed by atoms with Crippen LogP contribution in [0.15, 0.2) is 41.4 Å². The van der Waals surface area contributed by atoms with Crippen molar-refractivity contribution in [1.29, 1.82) is 0 Å². The van der Waals surface area contributed by atoms with Crippen molar-refractivity contribution in [2.45, 2.75) is 18.7 Å². The molecule has 0 fully saturated rings. The van der Waals surface area contributed by atoms with Crippen LogP contribution in [0.25, 0.3) is 0 Å². The van der Waals surface area contributed by atoms with Gasteiger partial charge in [-0.05, 0) is 49.2 Å². The number of H-pyrrole nitrogens is 1. The van der Waals surface area contributed by atoms with Gasteiger partial charge in [0.1, 0.15) is 6.54 Å². The number of sulfonamides is 1. The Bertz CT molecular complexity index is 967. The SMILES string of the molecule is Cc1ccc(S(=O)(=O)NCC(=O)NCC(=O)OCC(=O)c2ccc[nH]2)cc1C. The van der Waals surface area contributed by atoms with Crippen molar-refractivity contribution < 1.29 is 27.5 Å². The van der Waals surface area contributed by atoms with Crippen molar-refractivity contribution in [1.82, 2.24) is 15.0 Å². The Morgan fingerprint density at radius 3 is 2.46 bits per heavy atom. The molecule has 1 heterocycles. The maximum Gasteiger partial charge on any atom is 0.325 e. The Morgan fingerprint density at radius 1 is 1.07 bits per heavy atom. The molecule has 0 aliphatic carbocycles. The Hall–Kier alpha value is -2.98. The summed E-state index contributed by atoms with van der Waals surface area (Å²) in [5.74, 6) is -1.93. The lowest BCUT2D eigenvalue weighted by atomic mass is 10.1. The Balaban J connectivity index is 1.75. The lowest BCUT2D eigenvalue weighted by molar-refractivity contribution is -0.142. The molecule has 2 aromatic rings. The van der Waals surface area contributed by atoms with Crippen LogP contribution in [0.5, 0.6) is 0 Å². The molecule has 1 aromatic carbocycles. The molecule has 150 valence electrons. The van der Waals surface area contributed by atoms with E-state index in [1.54, 1.807) is 31.3 Å². The standard InChI is InChI=1S/C18H21N3O6S/c1-12-5-6-14(8-13(12)2)28(25,26)21-9-17(23)20-10-18(24)27-11-16(22)15-4-3-7-19-15/h3-8,19,21H,9-11H2,1-2H3,(H,20,23). The van der Waals surface area contributed by atoms with Crippen LogP contribution in [0.4, 0.5) is 0 Å². The van der Waals surface area contributed by atoms with Crippen LogP contribution >= 0.6 is 0 Å². The van der Waals surface area contributed by atoms with Crippen molar-refractivity contribution in [3.8, 4) is 0 Å². The molecule has 9 nitrogen and oxygen atoms in total. The molecule has 0 atom stereocenters. The number of Topliss-reactive ketones (excluding diaryl/α,β-unsaturated/α-hetero) is 1. The van der Waals surface area contributed by atoms with Crippen LogP contribution in [0.2, 0.25) is 0 Å². The second kappa shape index (κ2) is 9.29. The Kier molecular flexibility index (Phi) is 7.07. The first kappa shape index (κ1) is 21.3. The van der Waals surface area contributed by atoms with E-state index >= 15 is 0 Å². The van der Waals surface area contributed by atoms with Gasteiger partial charge in [-0.3, -0.25) is 14.4 Å². The molecule has 0 aliphatic rings. The Labute approximate surface area is 162 Å². The third-order valence-corrected chi connectivity index (χ3v) is 5.30. The molecular weight excluding hydrogens is 386 g/mol. The van der Waals surface area contributed by atoms with E-state index < -0.39 is 47.4 Å². The number of aromatic amines is 1. The summed E-state index contributed by atoms with van der Waals surface area (Å²) in [7, 11) is -3.85. The minimum absolute atomic E-state index is 0.0469. The maximum atomic E-state index is 12.2. The molecule has 2 rings (SSSR count). The normalized spacial score (nSPS) is 11.1. The van der Waals surface area contributed by atoms with E-state index in [-0.39, 0.29) is 4.90 Å². The molecule has 0 spiro atoms. The average molecular weight is 407 g/mol. The van der Waals surface area contributed by atoms with Crippen molar-refractivity contribution in [2.75, 3.05) is 19.7 Å². The average Bonchev–Trinajstić information content (AvgIpc) is 3.19. The van der Waals surface area contributed by atoms with Gasteiger partial charge in [-0.2, -0.15) is 0 Å². The molecule has 10 heteroatoms. The van der Waals surface area contributed by atoms with Crippen LogP contribution < -0.4 is 10.0 Å². The summed E-state index contributed by atoms with van der Waals surface area (Å²) in [5.41, 5.74) is 2.06. The first-order valence-electron chi connectivity index (χ1n) is 8.35. The second-order valence-electron chi connectivity index (χ2n) is 6.02. The largest absolute Gasteiger partial charge is 0.456 e. The van der Waals surface area contributed by atoms with Crippen molar-refractivity contribution >= 4 is 27.7 Å². The predicted octanol–water partition coefficient (Wildman–Crippen LogP) is 0.452. The quantitative estimate of drug-likeness (QED) is 0.408. The molecule has 0 saturated heterocycles. The number of ether oxygens (including phenoxy) is 1. The van der Waals surface area contributed by atoms with Gasteiger partial charge in [0.05, 0.1) is 17.1 Å². The van der Waals surface area contributed by atoms with E-state index in [4.69, 9.17) is 4.74 Å². The number of ketones is 1. The molecule has 1 amide bonds. The summed E-state index contributed by atoms with van der Waals surface area (Å²) < 4.78 is 31.3. The van der Waals surface area contributed by atoms with Crippen LogP contribution in [-0.2, 0) is 24.3 Å². The zero-order chi connectivity index (χ0) is 20.7. The monoisotopic (exact) mass is 407 g/mol. The number of nitrogens with one attached hydrogen (secondary N) is 3. The number of aromatic nitrogens is 1. The zero-order valence-electron chi connectivity index (χ0n) is 15.4. The number of carbonyl (C=O) groups is 3.